The molecule has 0 aromatic heterocycles. The zero-order valence-electron chi connectivity index (χ0n) is 16.5. The molecule has 1 aliphatic heterocycles. The Kier molecular flexibility index (Phi) is 7.38. The minimum Gasteiger partial charge on any atom is -0.507 e. The summed E-state index contributed by atoms with van der Waals surface area (Å²) in [5, 5.41) is 19.3. The Hall–Kier alpha value is -2.38. The molecule has 3 rings (SSSR count). The molecule has 0 bridgehead atoms. The number of aromatic hydroxyl groups is 1. The molecule has 0 saturated carbocycles. The summed E-state index contributed by atoms with van der Waals surface area (Å²) in [5.74, 6) is -0.135. The van der Waals surface area contributed by atoms with Crippen molar-refractivity contribution in [2.45, 2.75) is 46.6 Å². The first-order valence-corrected chi connectivity index (χ1v) is 9.66. The topological polar surface area (TPSA) is 47.3 Å². The van der Waals surface area contributed by atoms with Crippen LogP contribution in [0, 0.1) is 22.6 Å². The second kappa shape index (κ2) is 9.53. The standard InChI is InChI=1S/C21H23FN2O.C2H6/c1-21(7-10-23)8-11-24(12-9-21)15-16-5-6-19(20(25)13-16)17-3-2-4-18(22)14-17;1-2/h2-6,13-14,25H,7-9,11-12,15H2,1H3;1-2H3. The number of nitriles is 1. The Bertz CT molecular complexity index is 789. The van der Waals surface area contributed by atoms with Gasteiger partial charge in [-0.05, 0) is 60.7 Å². The molecule has 1 heterocycles. The van der Waals surface area contributed by atoms with Crippen LogP contribution in [0.5, 0.6) is 5.75 Å². The fourth-order valence-electron chi connectivity index (χ4n) is 3.45. The van der Waals surface area contributed by atoms with Crippen molar-refractivity contribution in [3.05, 3.63) is 53.8 Å². The Morgan fingerprint density at radius 2 is 1.85 bits per heavy atom. The van der Waals surface area contributed by atoms with Crippen molar-refractivity contribution < 1.29 is 9.50 Å². The normalized spacial score (nSPS) is 16.1. The molecule has 0 radical (unpaired) electrons. The van der Waals surface area contributed by atoms with Gasteiger partial charge >= 0.3 is 0 Å². The highest BCUT2D eigenvalue weighted by atomic mass is 19.1. The number of halogens is 1. The Balaban J connectivity index is 0.00000126. The van der Waals surface area contributed by atoms with E-state index in [-0.39, 0.29) is 17.0 Å². The maximum absolute atomic E-state index is 13.4. The zero-order valence-corrected chi connectivity index (χ0v) is 16.5. The van der Waals surface area contributed by atoms with Crippen molar-refractivity contribution in [2.75, 3.05) is 13.1 Å². The summed E-state index contributed by atoms with van der Waals surface area (Å²) < 4.78 is 13.4. The molecule has 1 saturated heterocycles. The molecule has 0 amide bonds. The van der Waals surface area contributed by atoms with Crippen LogP contribution in [0.1, 0.15) is 45.6 Å². The van der Waals surface area contributed by atoms with Crippen LogP contribution in [0.3, 0.4) is 0 Å². The van der Waals surface area contributed by atoms with Crippen LogP contribution >= 0.6 is 0 Å². The molecule has 1 aliphatic rings. The number of phenolic OH excluding ortho intramolecular Hbond substituents is 1. The summed E-state index contributed by atoms with van der Waals surface area (Å²) in [4.78, 5) is 2.36. The molecular weight excluding hydrogens is 339 g/mol. The van der Waals surface area contributed by atoms with Gasteiger partial charge in [0.1, 0.15) is 11.6 Å². The van der Waals surface area contributed by atoms with Crippen molar-refractivity contribution >= 4 is 0 Å². The van der Waals surface area contributed by atoms with Gasteiger partial charge in [-0.1, -0.05) is 45.0 Å². The maximum atomic E-state index is 13.4. The number of piperidine rings is 1. The summed E-state index contributed by atoms with van der Waals surface area (Å²) in [6, 6.07) is 14.2. The largest absolute Gasteiger partial charge is 0.507 e. The number of rotatable bonds is 4. The third-order valence-electron chi connectivity index (χ3n) is 5.17. The average molecular weight is 368 g/mol. The lowest BCUT2D eigenvalue weighted by molar-refractivity contribution is 0.116. The molecule has 1 fully saturated rings. The van der Waals surface area contributed by atoms with Gasteiger partial charge in [0.2, 0.25) is 0 Å². The number of hydrogen-bond donors (Lipinski definition) is 1. The summed E-state index contributed by atoms with van der Waals surface area (Å²) >= 11 is 0. The van der Waals surface area contributed by atoms with Crippen molar-refractivity contribution in [2.24, 2.45) is 5.41 Å². The molecule has 0 unspecified atom stereocenters. The number of benzene rings is 2. The molecular formula is C23H29FN2O. The Morgan fingerprint density at radius 3 is 2.44 bits per heavy atom. The predicted octanol–water partition coefficient (Wildman–Crippen LogP) is 5.74. The molecule has 0 atom stereocenters. The highest BCUT2D eigenvalue weighted by molar-refractivity contribution is 5.70. The highest BCUT2D eigenvalue weighted by Gasteiger charge is 2.29. The van der Waals surface area contributed by atoms with E-state index >= 15 is 0 Å². The van der Waals surface area contributed by atoms with Gasteiger partial charge in [-0.15, -0.1) is 0 Å². The van der Waals surface area contributed by atoms with Crippen molar-refractivity contribution in [3.8, 4) is 22.9 Å². The van der Waals surface area contributed by atoms with Gasteiger partial charge in [-0.3, -0.25) is 4.90 Å². The number of likely N-dealkylation sites (tertiary alicyclic amines) is 1. The minimum atomic E-state index is -0.310. The fourth-order valence-corrected chi connectivity index (χ4v) is 3.45. The molecule has 144 valence electrons. The quantitative estimate of drug-likeness (QED) is 0.748. The van der Waals surface area contributed by atoms with Crippen LogP contribution in [-0.2, 0) is 6.54 Å². The van der Waals surface area contributed by atoms with E-state index in [2.05, 4.69) is 17.9 Å². The monoisotopic (exact) mass is 368 g/mol. The average Bonchev–Trinajstić information content (AvgIpc) is 2.66. The lowest BCUT2D eigenvalue weighted by Crippen LogP contribution is -2.38. The van der Waals surface area contributed by atoms with Gasteiger partial charge in [0.05, 0.1) is 6.07 Å². The first-order chi connectivity index (χ1) is 13.0. The van der Waals surface area contributed by atoms with E-state index in [1.165, 1.54) is 12.1 Å². The zero-order chi connectivity index (χ0) is 19.9. The van der Waals surface area contributed by atoms with Gasteiger partial charge in [-0.25, -0.2) is 4.39 Å². The maximum Gasteiger partial charge on any atom is 0.123 e. The van der Waals surface area contributed by atoms with E-state index in [1.807, 2.05) is 26.0 Å². The molecule has 2 aromatic rings. The van der Waals surface area contributed by atoms with E-state index < -0.39 is 0 Å². The smallest absolute Gasteiger partial charge is 0.123 e. The van der Waals surface area contributed by atoms with Crippen LogP contribution in [-0.4, -0.2) is 23.1 Å². The van der Waals surface area contributed by atoms with E-state index in [0.717, 1.165) is 38.0 Å². The number of nitrogens with zero attached hydrogens (tertiary/aromatic N) is 2. The van der Waals surface area contributed by atoms with Gasteiger partial charge < -0.3 is 5.11 Å². The molecule has 0 spiro atoms. The van der Waals surface area contributed by atoms with Crippen LogP contribution in [0.15, 0.2) is 42.5 Å². The molecule has 4 heteroatoms. The number of phenols is 1. The van der Waals surface area contributed by atoms with Gasteiger partial charge in [0.25, 0.3) is 0 Å². The second-order valence-corrected chi connectivity index (χ2v) is 7.28. The van der Waals surface area contributed by atoms with Crippen molar-refractivity contribution in [1.29, 1.82) is 5.26 Å². The van der Waals surface area contributed by atoms with Gasteiger partial charge in [-0.2, -0.15) is 5.26 Å². The first-order valence-electron chi connectivity index (χ1n) is 9.66. The fraction of sp³-hybridized carbons (Fsp3) is 0.435. The summed E-state index contributed by atoms with van der Waals surface area (Å²) in [7, 11) is 0. The van der Waals surface area contributed by atoms with Crippen molar-refractivity contribution in [3.63, 3.8) is 0 Å². The molecule has 3 nitrogen and oxygen atoms in total. The Morgan fingerprint density at radius 1 is 1.15 bits per heavy atom. The van der Waals surface area contributed by atoms with E-state index in [4.69, 9.17) is 5.26 Å². The van der Waals surface area contributed by atoms with E-state index in [0.29, 0.717) is 17.5 Å². The lowest BCUT2D eigenvalue weighted by Gasteiger charge is -2.38. The second-order valence-electron chi connectivity index (χ2n) is 7.28. The van der Waals surface area contributed by atoms with Crippen LogP contribution in [0.25, 0.3) is 11.1 Å². The summed E-state index contributed by atoms with van der Waals surface area (Å²) in [6.07, 6.45) is 2.66. The minimum absolute atomic E-state index is 0.134. The number of hydrogen-bond acceptors (Lipinski definition) is 3. The molecule has 0 aliphatic carbocycles. The van der Waals surface area contributed by atoms with E-state index in [1.54, 1.807) is 18.2 Å². The third kappa shape index (κ3) is 5.55. The van der Waals surface area contributed by atoms with Crippen LogP contribution in [0.4, 0.5) is 4.39 Å². The third-order valence-corrected chi connectivity index (χ3v) is 5.17. The molecule has 27 heavy (non-hydrogen) atoms. The summed E-state index contributed by atoms with van der Waals surface area (Å²) in [6.45, 7) is 8.89. The lowest BCUT2D eigenvalue weighted by atomic mass is 9.78. The van der Waals surface area contributed by atoms with Gasteiger partial charge in [0.15, 0.2) is 0 Å². The van der Waals surface area contributed by atoms with E-state index in [9.17, 15) is 9.50 Å². The Labute approximate surface area is 162 Å². The highest BCUT2D eigenvalue weighted by Crippen LogP contribution is 2.35. The van der Waals surface area contributed by atoms with Crippen molar-refractivity contribution in [1.82, 2.24) is 4.90 Å². The van der Waals surface area contributed by atoms with Gasteiger partial charge in [0, 0.05) is 18.5 Å². The summed E-state index contributed by atoms with van der Waals surface area (Å²) in [5.41, 5.74) is 2.49. The molecule has 2 aromatic carbocycles. The predicted molar refractivity (Wildman–Crippen MR) is 108 cm³/mol. The molecule has 1 N–H and O–H groups in total. The SMILES string of the molecule is CC.CC1(CC#N)CCN(Cc2ccc(-c3cccc(F)c3)c(O)c2)CC1. The van der Waals surface area contributed by atoms with Crippen LogP contribution < -0.4 is 0 Å². The van der Waals surface area contributed by atoms with Crippen LogP contribution in [0.2, 0.25) is 0 Å². The first kappa shape index (κ1) is 20.9.